The third-order valence-electron chi connectivity index (χ3n) is 3.20. The first-order valence-corrected chi connectivity index (χ1v) is 6.50. The number of hydrogen-bond acceptors (Lipinski definition) is 5. The molecule has 2 atom stereocenters. The van der Waals surface area contributed by atoms with E-state index in [9.17, 15) is 0 Å². The van der Waals surface area contributed by atoms with Crippen LogP contribution in [0.1, 0.15) is 32.0 Å². The maximum atomic E-state index is 5.47. The van der Waals surface area contributed by atoms with E-state index in [2.05, 4.69) is 15.3 Å². The second-order valence-corrected chi connectivity index (χ2v) is 4.53. The Hall–Kier alpha value is -1.36. The van der Waals surface area contributed by atoms with Crippen molar-refractivity contribution in [2.75, 3.05) is 19.0 Å². The second-order valence-electron chi connectivity index (χ2n) is 4.53. The molecule has 1 fully saturated rings. The van der Waals surface area contributed by atoms with Gasteiger partial charge in [0.15, 0.2) is 0 Å². The van der Waals surface area contributed by atoms with Crippen LogP contribution in [0.2, 0.25) is 0 Å². The van der Waals surface area contributed by atoms with Gasteiger partial charge in [-0.2, -0.15) is 4.98 Å². The summed E-state index contributed by atoms with van der Waals surface area (Å²) in [5.41, 5.74) is 0. The average molecular weight is 251 g/mol. The highest BCUT2D eigenvalue weighted by molar-refractivity contribution is 5.40. The lowest BCUT2D eigenvalue weighted by Crippen LogP contribution is -2.30. The summed E-state index contributed by atoms with van der Waals surface area (Å²) in [5.74, 6) is 2.16. The predicted octanol–water partition coefficient (Wildman–Crippen LogP) is 2.16. The minimum atomic E-state index is 0.274. The van der Waals surface area contributed by atoms with Crippen LogP contribution in [0.5, 0.6) is 5.88 Å². The second kappa shape index (κ2) is 6.00. The Morgan fingerprint density at radius 3 is 2.94 bits per heavy atom. The summed E-state index contributed by atoms with van der Waals surface area (Å²) in [4.78, 5) is 8.62. The lowest BCUT2D eigenvalue weighted by molar-refractivity contribution is 0.101. The van der Waals surface area contributed by atoms with Crippen molar-refractivity contribution in [3.8, 4) is 5.88 Å². The van der Waals surface area contributed by atoms with E-state index in [0.717, 1.165) is 24.5 Å². The van der Waals surface area contributed by atoms with Gasteiger partial charge in [0.05, 0.1) is 18.8 Å². The first-order chi connectivity index (χ1) is 8.72. The van der Waals surface area contributed by atoms with Crippen molar-refractivity contribution >= 4 is 5.82 Å². The molecule has 2 rings (SSSR count). The van der Waals surface area contributed by atoms with Crippen LogP contribution in [0, 0.1) is 6.92 Å². The standard InChI is InChI=1S/C13H21N3O2/c1-4-18-13-8-12(14-9(2)15-13)16-10-6-5-7-11(10)17-3/h8,10-11H,4-7H2,1-3H3,(H,14,15,16). The maximum Gasteiger partial charge on any atom is 0.218 e. The largest absolute Gasteiger partial charge is 0.478 e. The van der Waals surface area contributed by atoms with E-state index < -0.39 is 0 Å². The molecule has 5 nitrogen and oxygen atoms in total. The first kappa shape index (κ1) is 13.1. The zero-order chi connectivity index (χ0) is 13.0. The Morgan fingerprint density at radius 1 is 1.39 bits per heavy atom. The third kappa shape index (κ3) is 3.10. The molecule has 0 spiro atoms. The summed E-state index contributed by atoms with van der Waals surface area (Å²) in [6.07, 6.45) is 3.69. The normalized spacial score (nSPS) is 23.1. The van der Waals surface area contributed by atoms with E-state index in [1.165, 1.54) is 6.42 Å². The number of aryl methyl sites for hydroxylation is 1. The SMILES string of the molecule is CCOc1cc(NC2CCCC2OC)nc(C)n1. The van der Waals surface area contributed by atoms with Crippen LogP contribution in [0.25, 0.3) is 0 Å². The third-order valence-corrected chi connectivity index (χ3v) is 3.20. The van der Waals surface area contributed by atoms with Gasteiger partial charge in [-0.15, -0.1) is 0 Å². The molecular weight excluding hydrogens is 230 g/mol. The predicted molar refractivity (Wildman–Crippen MR) is 70.0 cm³/mol. The van der Waals surface area contributed by atoms with E-state index in [1.54, 1.807) is 7.11 Å². The molecule has 0 bridgehead atoms. The molecule has 18 heavy (non-hydrogen) atoms. The van der Waals surface area contributed by atoms with Crippen LogP contribution in [0.3, 0.4) is 0 Å². The summed E-state index contributed by atoms with van der Waals surface area (Å²) >= 11 is 0. The van der Waals surface area contributed by atoms with E-state index in [-0.39, 0.29) is 6.10 Å². The van der Waals surface area contributed by atoms with Crippen LogP contribution in [-0.2, 0) is 4.74 Å². The molecule has 0 aliphatic heterocycles. The zero-order valence-corrected chi connectivity index (χ0v) is 11.3. The van der Waals surface area contributed by atoms with Crippen LogP contribution in [-0.4, -0.2) is 35.8 Å². The molecule has 1 aromatic heterocycles. The van der Waals surface area contributed by atoms with Crippen molar-refractivity contribution in [2.24, 2.45) is 0 Å². The van der Waals surface area contributed by atoms with E-state index >= 15 is 0 Å². The van der Waals surface area contributed by atoms with Gasteiger partial charge in [-0.25, -0.2) is 4.98 Å². The van der Waals surface area contributed by atoms with Crippen LogP contribution in [0.15, 0.2) is 6.07 Å². The quantitative estimate of drug-likeness (QED) is 0.869. The molecule has 2 unspecified atom stereocenters. The molecule has 0 aromatic carbocycles. The topological polar surface area (TPSA) is 56.3 Å². The Labute approximate surface area is 108 Å². The average Bonchev–Trinajstić information content (AvgIpc) is 2.76. The summed E-state index contributed by atoms with van der Waals surface area (Å²) in [5, 5.41) is 3.43. The molecule has 100 valence electrons. The molecule has 1 heterocycles. The number of nitrogens with one attached hydrogen (secondary N) is 1. The number of ether oxygens (including phenoxy) is 2. The molecule has 1 saturated carbocycles. The number of nitrogens with zero attached hydrogens (tertiary/aromatic N) is 2. The maximum absolute atomic E-state index is 5.47. The van der Waals surface area contributed by atoms with Gasteiger partial charge in [-0.05, 0) is 33.1 Å². The van der Waals surface area contributed by atoms with Gasteiger partial charge >= 0.3 is 0 Å². The number of anilines is 1. The summed E-state index contributed by atoms with van der Waals surface area (Å²) < 4.78 is 10.9. The molecule has 1 aliphatic carbocycles. The summed E-state index contributed by atoms with van der Waals surface area (Å²) in [6.45, 7) is 4.43. The van der Waals surface area contributed by atoms with Gasteiger partial charge in [0, 0.05) is 13.2 Å². The minimum Gasteiger partial charge on any atom is -0.478 e. The monoisotopic (exact) mass is 251 g/mol. The van der Waals surface area contributed by atoms with Crippen LogP contribution < -0.4 is 10.1 Å². The lowest BCUT2D eigenvalue weighted by atomic mass is 10.2. The summed E-state index contributed by atoms with van der Waals surface area (Å²) in [7, 11) is 1.77. The molecule has 1 aromatic rings. The fraction of sp³-hybridized carbons (Fsp3) is 0.692. The van der Waals surface area contributed by atoms with Crippen molar-refractivity contribution in [3.63, 3.8) is 0 Å². The molecular formula is C13H21N3O2. The van der Waals surface area contributed by atoms with Gasteiger partial charge < -0.3 is 14.8 Å². The number of aromatic nitrogens is 2. The summed E-state index contributed by atoms with van der Waals surface area (Å²) in [6, 6.07) is 2.18. The highest BCUT2D eigenvalue weighted by atomic mass is 16.5. The van der Waals surface area contributed by atoms with E-state index in [4.69, 9.17) is 9.47 Å². The Bertz CT molecular complexity index is 398. The van der Waals surface area contributed by atoms with Crippen molar-refractivity contribution in [2.45, 2.75) is 45.3 Å². The molecule has 0 saturated heterocycles. The lowest BCUT2D eigenvalue weighted by Gasteiger charge is -2.20. The van der Waals surface area contributed by atoms with E-state index in [1.807, 2.05) is 19.9 Å². The first-order valence-electron chi connectivity index (χ1n) is 6.50. The fourth-order valence-corrected chi connectivity index (χ4v) is 2.40. The van der Waals surface area contributed by atoms with E-state index in [0.29, 0.717) is 18.5 Å². The Morgan fingerprint density at radius 2 is 2.22 bits per heavy atom. The van der Waals surface area contributed by atoms with Gasteiger partial charge in [0.1, 0.15) is 11.6 Å². The molecule has 1 aliphatic rings. The fourth-order valence-electron chi connectivity index (χ4n) is 2.40. The zero-order valence-electron chi connectivity index (χ0n) is 11.3. The van der Waals surface area contributed by atoms with Crippen molar-refractivity contribution in [1.29, 1.82) is 0 Å². The van der Waals surface area contributed by atoms with Crippen molar-refractivity contribution in [3.05, 3.63) is 11.9 Å². The molecule has 5 heteroatoms. The molecule has 0 amide bonds. The van der Waals surface area contributed by atoms with Gasteiger partial charge in [0.2, 0.25) is 5.88 Å². The number of methoxy groups -OCH3 is 1. The van der Waals surface area contributed by atoms with Gasteiger partial charge in [-0.1, -0.05) is 0 Å². The highest BCUT2D eigenvalue weighted by Crippen LogP contribution is 2.25. The Balaban J connectivity index is 2.08. The smallest absolute Gasteiger partial charge is 0.218 e. The van der Waals surface area contributed by atoms with Crippen molar-refractivity contribution < 1.29 is 9.47 Å². The molecule has 0 radical (unpaired) electrons. The van der Waals surface area contributed by atoms with Crippen molar-refractivity contribution in [1.82, 2.24) is 9.97 Å². The minimum absolute atomic E-state index is 0.274. The van der Waals surface area contributed by atoms with Gasteiger partial charge in [0.25, 0.3) is 0 Å². The van der Waals surface area contributed by atoms with Crippen LogP contribution >= 0.6 is 0 Å². The Kier molecular flexibility index (Phi) is 4.36. The number of rotatable bonds is 5. The highest BCUT2D eigenvalue weighted by Gasteiger charge is 2.27. The van der Waals surface area contributed by atoms with Gasteiger partial charge in [-0.3, -0.25) is 0 Å². The molecule has 1 N–H and O–H groups in total. The number of hydrogen-bond donors (Lipinski definition) is 1. The van der Waals surface area contributed by atoms with Crippen LogP contribution in [0.4, 0.5) is 5.82 Å².